The topological polar surface area (TPSA) is 29.6 Å². The molecular formula is C21H22FN3S. The predicted molar refractivity (Wildman–Crippen MR) is 107 cm³/mol. The number of rotatable bonds is 5. The summed E-state index contributed by atoms with van der Waals surface area (Å²) in [5.41, 5.74) is 4.14. The molecule has 134 valence electrons. The third kappa shape index (κ3) is 4.17. The summed E-state index contributed by atoms with van der Waals surface area (Å²) in [5.74, 6) is 0.259. The molecule has 0 unspecified atom stereocenters. The number of aromatic nitrogens is 1. The van der Waals surface area contributed by atoms with Gasteiger partial charge in [0.05, 0.1) is 11.9 Å². The molecule has 0 radical (unpaired) electrons. The Hall–Kier alpha value is -2.53. The summed E-state index contributed by atoms with van der Waals surface area (Å²) in [6, 6.07) is 14.8. The highest BCUT2D eigenvalue weighted by atomic mass is 32.1. The van der Waals surface area contributed by atoms with E-state index in [4.69, 9.17) is 0 Å². The molecule has 0 fully saturated rings. The predicted octanol–water partition coefficient (Wildman–Crippen LogP) is 5.28. The van der Waals surface area contributed by atoms with E-state index < -0.39 is 0 Å². The number of nitrogens with zero attached hydrogens (tertiary/aromatic N) is 3. The van der Waals surface area contributed by atoms with E-state index in [2.05, 4.69) is 48.2 Å². The SMILES string of the molecule is CCN=c1scc(-c2ccc(F)cc2)n1N=Cc1ccc(C(C)C)cc1. The molecule has 0 aliphatic heterocycles. The summed E-state index contributed by atoms with van der Waals surface area (Å²) in [6.45, 7) is 7.04. The first-order chi connectivity index (χ1) is 12.6. The lowest BCUT2D eigenvalue weighted by Gasteiger charge is -2.05. The van der Waals surface area contributed by atoms with Crippen LogP contribution in [-0.2, 0) is 0 Å². The van der Waals surface area contributed by atoms with Gasteiger partial charge in [-0.2, -0.15) is 5.10 Å². The van der Waals surface area contributed by atoms with Gasteiger partial charge in [0.15, 0.2) is 0 Å². The van der Waals surface area contributed by atoms with E-state index in [0.717, 1.165) is 21.6 Å². The zero-order valence-electron chi connectivity index (χ0n) is 15.2. The minimum Gasteiger partial charge on any atom is -0.258 e. The lowest BCUT2D eigenvalue weighted by atomic mass is 10.0. The van der Waals surface area contributed by atoms with E-state index in [1.807, 2.05) is 23.2 Å². The van der Waals surface area contributed by atoms with E-state index in [1.54, 1.807) is 12.1 Å². The van der Waals surface area contributed by atoms with Crippen LogP contribution in [0.15, 0.2) is 64.0 Å². The second kappa shape index (κ2) is 8.23. The summed E-state index contributed by atoms with van der Waals surface area (Å²) in [5, 5.41) is 6.64. The lowest BCUT2D eigenvalue weighted by molar-refractivity contribution is 0.628. The van der Waals surface area contributed by atoms with Crippen LogP contribution < -0.4 is 4.80 Å². The molecule has 0 saturated carbocycles. The normalized spacial score (nSPS) is 12.4. The van der Waals surface area contributed by atoms with Crippen LogP contribution in [0.5, 0.6) is 0 Å². The highest BCUT2D eigenvalue weighted by Crippen LogP contribution is 2.20. The average molecular weight is 367 g/mol. The van der Waals surface area contributed by atoms with Crippen LogP contribution in [0, 0.1) is 5.82 Å². The Morgan fingerprint density at radius 2 is 1.77 bits per heavy atom. The Labute approximate surface area is 157 Å². The third-order valence-corrected chi connectivity index (χ3v) is 4.90. The van der Waals surface area contributed by atoms with Crippen LogP contribution in [0.25, 0.3) is 11.3 Å². The van der Waals surface area contributed by atoms with E-state index >= 15 is 0 Å². The summed E-state index contributed by atoms with van der Waals surface area (Å²) >= 11 is 1.53. The van der Waals surface area contributed by atoms with Gasteiger partial charge in [-0.25, -0.2) is 9.07 Å². The van der Waals surface area contributed by atoms with Gasteiger partial charge in [-0.3, -0.25) is 4.99 Å². The van der Waals surface area contributed by atoms with Crippen molar-refractivity contribution < 1.29 is 4.39 Å². The highest BCUT2D eigenvalue weighted by Gasteiger charge is 2.07. The maximum atomic E-state index is 13.2. The smallest absolute Gasteiger partial charge is 0.206 e. The summed E-state index contributed by atoms with van der Waals surface area (Å²) in [7, 11) is 0. The van der Waals surface area contributed by atoms with E-state index in [9.17, 15) is 4.39 Å². The second-order valence-electron chi connectivity index (χ2n) is 6.26. The molecule has 1 aromatic heterocycles. The van der Waals surface area contributed by atoms with Gasteiger partial charge in [-0.05, 0) is 48.2 Å². The molecule has 1 heterocycles. The van der Waals surface area contributed by atoms with Crippen LogP contribution in [-0.4, -0.2) is 17.4 Å². The Bertz CT molecular complexity index is 948. The van der Waals surface area contributed by atoms with Gasteiger partial charge in [0, 0.05) is 17.5 Å². The molecule has 0 bridgehead atoms. The largest absolute Gasteiger partial charge is 0.258 e. The van der Waals surface area contributed by atoms with Gasteiger partial charge in [0.1, 0.15) is 5.82 Å². The molecule has 26 heavy (non-hydrogen) atoms. The van der Waals surface area contributed by atoms with Crippen LogP contribution in [0.3, 0.4) is 0 Å². The summed E-state index contributed by atoms with van der Waals surface area (Å²) in [6.07, 6.45) is 1.83. The molecule has 2 aromatic carbocycles. The fourth-order valence-electron chi connectivity index (χ4n) is 2.56. The van der Waals surface area contributed by atoms with E-state index in [0.29, 0.717) is 12.5 Å². The fourth-order valence-corrected chi connectivity index (χ4v) is 3.47. The Kier molecular flexibility index (Phi) is 5.78. The lowest BCUT2D eigenvalue weighted by Crippen LogP contribution is -2.12. The van der Waals surface area contributed by atoms with E-state index in [1.165, 1.54) is 29.0 Å². The van der Waals surface area contributed by atoms with Crippen LogP contribution >= 0.6 is 11.3 Å². The van der Waals surface area contributed by atoms with Crippen molar-refractivity contribution in [3.05, 3.63) is 75.7 Å². The molecule has 0 amide bonds. The standard InChI is InChI=1S/C21H22FN3S/c1-4-23-21-25(20(14-26-21)18-9-11-19(22)12-10-18)24-13-16-5-7-17(8-6-16)15(2)3/h5-15H,4H2,1-3H3. The van der Waals surface area contributed by atoms with Crippen molar-refractivity contribution in [1.29, 1.82) is 0 Å². The quantitative estimate of drug-likeness (QED) is 0.549. The first-order valence-corrected chi connectivity index (χ1v) is 9.57. The Balaban J connectivity index is 1.98. The van der Waals surface area contributed by atoms with Gasteiger partial charge >= 0.3 is 0 Å². The van der Waals surface area contributed by atoms with Crippen LogP contribution in [0.1, 0.15) is 37.8 Å². The van der Waals surface area contributed by atoms with Crippen molar-refractivity contribution in [2.45, 2.75) is 26.7 Å². The van der Waals surface area contributed by atoms with Gasteiger partial charge in [-0.1, -0.05) is 38.1 Å². The van der Waals surface area contributed by atoms with Gasteiger partial charge in [-0.15, -0.1) is 11.3 Å². The Morgan fingerprint density at radius 3 is 2.38 bits per heavy atom. The van der Waals surface area contributed by atoms with E-state index in [-0.39, 0.29) is 5.82 Å². The highest BCUT2D eigenvalue weighted by molar-refractivity contribution is 7.07. The number of hydrogen-bond acceptors (Lipinski definition) is 3. The number of hydrogen-bond donors (Lipinski definition) is 0. The van der Waals surface area contributed by atoms with Crippen molar-refractivity contribution in [1.82, 2.24) is 4.68 Å². The first kappa shape index (κ1) is 18.3. The maximum Gasteiger partial charge on any atom is 0.206 e. The van der Waals surface area contributed by atoms with Crippen molar-refractivity contribution in [2.24, 2.45) is 10.1 Å². The summed E-state index contributed by atoms with van der Waals surface area (Å²) in [4.78, 5) is 5.33. The molecule has 0 spiro atoms. The van der Waals surface area contributed by atoms with Gasteiger partial charge in [0.25, 0.3) is 0 Å². The number of halogens is 1. The number of thiazole rings is 1. The molecule has 0 atom stereocenters. The van der Waals surface area contributed by atoms with Gasteiger partial charge in [0.2, 0.25) is 4.80 Å². The molecule has 0 saturated heterocycles. The zero-order chi connectivity index (χ0) is 18.5. The van der Waals surface area contributed by atoms with Crippen molar-refractivity contribution in [3.63, 3.8) is 0 Å². The van der Waals surface area contributed by atoms with Crippen molar-refractivity contribution in [2.75, 3.05) is 6.54 Å². The minimum absolute atomic E-state index is 0.247. The molecular weight excluding hydrogens is 345 g/mol. The van der Waals surface area contributed by atoms with Crippen molar-refractivity contribution in [3.8, 4) is 11.3 Å². The molecule has 5 heteroatoms. The van der Waals surface area contributed by atoms with Crippen LogP contribution in [0.2, 0.25) is 0 Å². The number of benzene rings is 2. The van der Waals surface area contributed by atoms with Gasteiger partial charge < -0.3 is 0 Å². The molecule has 0 N–H and O–H groups in total. The monoisotopic (exact) mass is 367 g/mol. The maximum absolute atomic E-state index is 13.2. The zero-order valence-corrected chi connectivity index (χ0v) is 16.0. The molecule has 0 aliphatic carbocycles. The first-order valence-electron chi connectivity index (χ1n) is 8.69. The Morgan fingerprint density at radius 1 is 1.08 bits per heavy atom. The third-order valence-electron chi connectivity index (χ3n) is 4.04. The molecule has 3 aromatic rings. The molecule has 3 nitrogen and oxygen atoms in total. The minimum atomic E-state index is -0.247. The fraction of sp³-hybridized carbons (Fsp3) is 0.238. The molecule has 0 aliphatic rings. The molecule has 3 rings (SSSR count). The second-order valence-corrected chi connectivity index (χ2v) is 7.10. The average Bonchev–Trinajstić information content (AvgIpc) is 3.04. The van der Waals surface area contributed by atoms with Crippen LogP contribution in [0.4, 0.5) is 4.39 Å². The van der Waals surface area contributed by atoms with Crippen molar-refractivity contribution >= 4 is 17.6 Å². The summed E-state index contributed by atoms with van der Waals surface area (Å²) < 4.78 is 15.1.